The van der Waals surface area contributed by atoms with Crippen LogP contribution in [0.25, 0.3) is 0 Å². The Kier molecular flexibility index (Phi) is 8.02. The van der Waals surface area contributed by atoms with E-state index in [1.54, 1.807) is 0 Å². The third-order valence-electron chi connectivity index (χ3n) is 7.73. The molecule has 4 unspecified atom stereocenters. The number of halogens is 2. The molecule has 0 bridgehead atoms. The van der Waals surface area contributed by atoms with Gasteiger partial charge in [-0.15, -0.1) is 0 Å². The van der Waals surface area contributed by atoms with E-state index in [9.17, 15) is 13.6 Å². The Bertz CT molecular complexity index is 1030. The summed E-state index contributed by atoms with van der Waals surface area (Å²) >= 11 is 0. The van der Waals surface area contributed by atoms with Crippen LogP contribution in [-0.2, 0) is 0 Å². The van der Waals surface area contributed by atoms with Crippen LogP contribution in [0.3, 0.4) is 0 Å². The van der Waals surface area contributed by atoms with E-state index in [0.717, 1.165) is 36.3 Å². The molecule has 3 nitrogen and oxygen atoms in total. The molecule has 0 aromatic heterocycles. The molecule has 2 aromatic rings. The van der Waals surface area contributed by atoms with Gasteiger partial charge < -0.3 is 9.47 Å². The molecule has 2 aromatic carbocycles. The van der Waals surface area contributed by atoms with E-state index in [2.05, 4.69) is 19.1 Å². The molecule has 0 N–H and O–H groups in total. The van der Waals surface area contributed by atoms with Gasteiger partial charge in [-0.1, -0.05) is 24.6 Å². The fourth-order valence-corrected chi connectivity index (χ4v) is 5.85. The maximum absolute atomic E-state index is 14.9. The summed E-state index contributed by atoms with van der Waals surface area (Å²) in [4.78, 5) is 12.5. The van der Waals surface area contributed by atoms with E-state index in [4.69, 9.17) is 9.47 Å². The molecule has 0 radical (unpaired) electrons. The Morgan fingerprint density at radius 3 is 2.53 bits per heavy atom. The summed E-state index contributed by atoms with van der Waals surface area (Å²) in [5, 5.41) is 0. The third-order valence-corrected chi connectivity index (χ3v) is 7.73. The van der Waals surface area contributed by atoms with Gasteiger partial charge in [0.1, 0.15) is 11.6 Å². The van der Waals surface area contributed by atoms with Gasteiger partial charge in [0.25, 0.3) is 0 Å². The van der Waals surface area contributed by atoms with Crippen LogP contribution in [0.15, 0.2) is 48.6 Å². The zero-order valence-electron chi connectivity index (χ0n) is 20.1. The lowest BCUT2D eigenvalue weighted by atomic mass is 9.63. The van der Waals surface area contributed by atoms with Crippen molar-refractivity contribution in [1.82, 2.24) is 0 Å². The minimum absolute atomic E-state index is 0.186. The van der Waals surface area contributed by atoms with E-state index < -0.39 is 17.6 Å². The summed E-state index contributed by atoms with van der Waals surface area (Å²) in [6.45, 7) is 2.08. The number of esters is 1. The monoisotopic (exact) mass is 468 g/mol. The van der Waals surface area contributed by atoms with E-state index in [-0.39, 0.29) is 11.3 Å². The average molecular weight is 469 g/mol. The number of methoxy groups -OCH3 is 1. The smallest absolute Gasteiger partial charge is 0.346 e. The number of rotatable bonds is 7. The first-order valence-corrected chi connectivity index (χ1v) is 12.4. The van der Waals surface area contributed by atoms with Crippen LogP contribution in [0.4, 0.5) is 8.78 Å². The van der Waals surface area contributed by atoms with Gasteiger partial charge in [-0.25, -0.2) is 13.6 Å². The van der Waals surface area contributed by atoms with Crippen molar-refractivity contribution in [3.63, 3.8) is 0 Å². The summed E-state index contributed by atoms with van der Waals surface area (Å²) in [6, 6.07) is 8.67. The maximum Gasteiger partial charge on any atom is 0.346 e. The van der Waals surface area contributed by atoms with E-state index in [0.29, 0.717) is 17.6 Å². The fraction of sp³-hybridized carbons (Fsp3) is 0.483. The molecule has 4 rings (SSSR count). The van der Waals surface area contributed by atoms with Gasteiger partial charge in [0.05, 0.1) is 12.7 Å². The highest BCUT2D eigenvalue weighted by molar-refractivity contribution is 5.91. The summed E-state index contributed by atoms with van der Waals surface area (Å²) < 4.78 is 39.0. The van der Waals surface area contributed by atoms with Crippen LogP contribution in [0.5, 0.6) is 11.5 Å². The van der Waals surface area contributed by atoms with E-state index >= 15 is 0 Å². The Balaban J connectivity index is 1.37. The topological polar surface area (TPSA) is 35.5 Å². The number of carbonyl (C=O) groups excluding carboxylic acids is 1. The second-order valence-corrected chi connectivity index (χ2v) is 9.78. The van der Waals surface area contributed by atoms with Crippen molar-refractivity contribution in [3.05, 3.63) is 71.3 Å². The molecule has 2 aliphatic carbocycles. The molecule has 34 heavy (non-hydrogen) atoms. The van der Waals surface area contributed by atoms with E-state index in [1.807, 2.05) is 6.07 Å². The SMILES string of the molecule is C/C=C/CCC1CCC2CC(c3ccc(C(=O)Oc4ccc(OC)cc4F)c(F)c3)CCC2C1. The minimum atomic E-state index is -0.909. The number of allylic oxidation sites excluding steroid dienone is 2. The molecular formula is C29H34F2O3. The first-order chi connectivity index (χ1) is 16.5. The van der Waals surface area contributed by atoms with Crippen molar-refractivity contribution in [2.24, 2.45) is 17.8 Å². The highest BCUT2D eigenvalue weighted by Crippen LogP contribution is 2.48. The van der Waals surface area contributed by atoms with Gasteiger partial charge in [0.2, 0.25) is 0 Å². The van der Waals surface area contributed by atoms with Crippen LogP contribution in [0.1, 0.15) is 80.1 Å². The van der Waals surface area contributed by atoms with Crippen LogP contribution < -0.4 is 9.47 Å². The Labute approximate surface area is 201 Å². The van der Waals surface area contributed by atoms with Gasteiger partial charge in [-0.2, -0.15) is 0 Å². The lowest BCUT2D eigenvalue weighted by molar-refractivity contribution is 0.0722. The maximum atomic E-state index is 14.9. The number of benzene rings is 2. The number of carbonyl (C=O) groups is 1. The highest BCUT2D eigenvalue weighted by atomic mass is 19.1. The summed E-state index contributed by atoms with van der Waals surface area (Å²) in [5.74, 6) is 0.448. The molecule has 0 heterocycles. The number of ether oxygens (including phenoxy) is 2. The van der Waals surface area contributed by atoms with Crippen molar-refractivity contribution in [2.45, 2.75) is 64.2 Å². The van der Waals surface area contributed by atoms with Crippen LogP contribution in [0.2, 0.25) is 0 Å². The molecule has 2 saturated carbocycles. The largest absolute Gasteiger partial charge is 0.497 e. The number of hydrogen-bond acceptors (Lipinski definition) is 3. The molecule has 4 atom stereocenters. The summed E-state index contributed by atoms with van der Waals surface area (Å²) in [6.07, 6.45) is 14.1. The highest BCUT2D eigenvalue weighted by Gasteiger charge is 2.36. The van der Waals surface area contributed by atoms with Crippen molar-refractivity contribution in [1.29, 1.82) is 0 Å². The number of hydrogen-bond donors (Lipinski definition) is 0. The zero-order valence-corrected chi connectivity index (χ0v) is 20.1. The lowest BCUT2D eigenvalue weighted by Crippen LogP contribution is -2.30. The van der Waals surface area contributed by atoms with Gasteiger partial charge >= 0.3 is 5.97 Å². The van der Waals surface area contributed by atoms with Crippen LogP contribution in [0, 0.1) is 29.4 Å². The normalized spacial score (nSPS) is 24.6. The molecule has 5 heteroatoms. The van der Waals surface area contributed by atoms with Crippen molar-refractivity contribution in [2.75, 3.05) is 7.11 Å². The molecule has 2 fully saturated rings. The molecule has 0 amide bonds. The van der Waals surface area contributed by atoms with Crippen LogP contribution >= 0.6 is 0 Å². The Morgan fingerprint density at radius 2 is 1.79 bits per heavy atom. The minimum Gasteiger partial charge on any atom is -0.497 e. The molecule has 0 spiro atoms. The standard InChI is InChI=1S/C29H34F2O3/c1-3-4-5-6-19-7-8-21-16-22(10-9-20(21)15-19)23-11-13-25(26(30)17-23)29(32)34-28-14-12-24(33-2)18-27(28)31/h3-4,11-14,17-22H,5-10,15-16H2,1-2H3/b4-3+. The number of fused-ring (bicyclic) bond motifs is 1. The molecule has 0 saturated heterocycles. The quantitative estimate of drug-likeness (QED) is 0.236. The van der Waals surface area contributed by atoms with Crippen LogP contribution in [-0.4, -0.2) is 13.1 Å². The predicted octanol–water partition coefficient (Wildman–Crippen LogP) is 7.85. The van der Waals surface area contributed by atoms with Crippen molar-refractivity contribution < 1.29 is 23.0 Å². The summed E-state index contributed by atoms with van der Waals surface area (Å²) in [5.41, 5.74) is 0.757. The second kappa shape index (κ2) is 11.2. The first-order valence-electron chi connectivity index (χ1n) is 12.4. The van der Waals surface area contributed by atoms with Gasteiger partial charge in [-0.05, 0) is 105 Å². The molecule has 0 aliphatic heterocycles. The molecule has 182 valence electrons. The predicted molar refractivity (Wildman–Crippen MR) is 129 cm³/mol. The van der Waals surface area contributed by atoms with Crippen molar-refractivity contribution in [3.8, 4) is 11.5 Å². The lowest BCUT2D eigenvalue weighted by Gasteiger charge is -2.42. The zero-order chi connectivity index (χ0) is 24.1. The second-order valence-electron chi connectivity index (χ2n) is 9.78. The average Bonchev–Trinajstić information content (AvgIpc) is 2.85. The third kappa shape index (κ3) is 5.68. The van der Waals surface area contributed by atoms with E-state index in [1.165, 1.54) is 69.9 Å². The van der Waals surface area contributed by atoms with Gasteiger partial charge in [0, 0.05) is 6.07 Å². The molecule has 2 aliphatic rings. The Morgan fingerprint density at radius 1 is 1.00 bits per heavy atom. The van der Waals surface area contributed by atoms with Gasteiger partial charge in [0.15, 0.2) is 11.6 Å². The fourth-order valence-electron chi connectivity index (χ4n) is 5.85. The van der Waals surface area contributed by atoms with Gasteiger partial charge in [-0.3, -0.25) is 0 Å². The molecular weight excluding hydrogens is 434 g/mol. The van der Waals surface area contributed by atoms with Crippen molar-refractivity contribution >= 4 is 5.97 Å². The first kappa shape index (κ1) is 24.4. The Hall–Kier alpha value is -2.69. The summed E-state index contributed by atoms with van der Waals surface area (Å²) in [7, 11) is 1.42.